The minimum atomic E-state index is -3.55. The van der Waals surface area contributed by atoms with E-state index in [2.05, 4.69) is 5.32 Å². The van der Waals surface area contributed by atoms with E-state index in [4.69, 9.17) is 18.0 Å². The van der Waals surface area contributed by atoms with Gasteiger partial charge >= 0.3 is 0 Å². The van der Waals surface area contributed by atoms with E-state index in [1.807, 2.05) is 12.8 Å². The summed E-state index contributed by atoms with van der Waals surface area (Å²) in [6, 6.07) is 4.93. The molecule has 0 fully saturated rings. The smallest absolute Gasteiger partial charge is 0.239 e. The van der Waals surface area contributed by atoms with E-state index < -0.39 is 27.3 Å². The van der Waals surface area contributed by atoms with Gasteiger partial charge in [-0.3, -0.25) is 4.79 Å². The number of sulfone groups is 1. The third-order valence-corrected chi connectivity index (χ3v) is 3.83. The van der Waals surface area contributed by atoms with Gasteiger partial charge in [0.1, 0.15) is 11.5 Å². The van der Waals surface area contributed by atoms with Crippen LogP contribution < -0.4 is 5.32 Å². The number of hydrogen-bond acceptors (Lipinski definition) is 3. The van der Waals surface area contributed by atoms with Crippen LogP contribution in [0.4, 0.5) is 5.69 Å². The molecule has 1 aromatic rings. The molecule has 0 saturated carbocycles. The zero-order valence-corrected chi connectivity index (χ0v) is 11.3. The number of hydrogen-bond donors (Lipinski definition) is 1. The van der Waals surface area contributed by atoms with Crippen molar-refractivity contribution in [3.8, 4) is 12.3 Å². The molecule has 0 spiro atoms. The maximum absolute atomic E-state index is 11.5. The lowest BCUT2D eigenvalue weighted by molar-refractivity contribution is -0.113. The van der Waals surface area contributed by atoms with E-state index in [0.29, 0.717) is 10.7 Å². The number of carbonyl (C=O) groups excluding carboxylic acids is 1. The summed E-state index contributed by atoms with van der Waals surface area (Å²) >= 11 is 5.88. The Morgan fingerprint density at radius 3 is 2.72 bits per heavy atom. The Balaban J connectivity index is 2.71. The molecule has 0 heterocycles. The van der Waals surface area contributed by atoms with Crippen molar-refractivity contribution in [1.82, 2.24) is 0 Å². The molecule has 0 aliphatic heterocycles. The van der Waals surface area contributed by atoms with Gasteiger partial charge in [-0.2, -0.15) is 0 Å². The highest BCUT2D eigenvalue weighted by atomic mass is 35.5. The van der Waals surface area contributed by atoms with Gasteiger partial charge in [0.15, 0.2) is 9.84 Å². The quantitative estimate of drug-likeness (QED) is 0.856. The highest BCUT2D eigenvalue weighted by molar-refractivity contribution is 7.92. The predicted molar refractivity (Wildman–Crippen MR) is 72.3 cm³/mol. The number of aryl methyl sites for hydroxylation is 1. The monoisotopic (exact) mass is 285 g/mol. The minimum absolute atomic E-state index is 0.449. The first-order chi connectivity index (χ1) is 8.34. The molecule has 4 nitrogen and oxygen atoms in total. The number of nitrogens with one attached hydrogen (secondary N) is 1. The maximum Gasteiger partial charge on any atom is 0.239 e. The number of benzene rings is 1. The molecule has 1 aromatic carbocycles. The van der Waals surface area contributed by atoms with Crippen LogP contribution in [0.2, 0.25) is 5.02 Å². The SMILES string of the molecule is C#CCS(=O)(=O)CC(=O)Nc1ccc(C)c(Cl)c1. The number of halogens is 1. The molecule has 0 radical (unpaired) electrons. The number of terminal acetylenes is 1. The van der Waals surface area contributed by atoms with Gasteiger partial charge in [0.25, 0.3) is 0 Å². The zero-order chi connectivity index (χ0) is 13.8. The zero-order valence-electron chi connectivity index (χ0n) is 9.73. The Morgan fingerprint density at radius 1 is 1.50 bits per heavy atom. The topological polar surface area (TPSA) is 63.2 Å². The summed E-state index contributed by atoms with van der Waals surface area (Å²) in [7, 11) is -3.55. The molecule has 1 amide bonds. The summed E-state index contributed by atoms with van der Waals surface area (Å²) in [4.78, 5) is 11.5. The Morgan fingerprint density at radius 2 is 2.17 bits per heavy atom. The van der Waals surface area contributed by atoms with Crippen LogP contribution in [0.25, 0.3) is 0 Å². The van der Waals surface area contributed by atoms with Crippen molar-refractivity contribution in [2.75, 3.05) is 16.8 Å². The van der Waals surface area contributed by atoms with Gasteiger partial charge in [0.2, 0.25) is 5.91 Å². The van der Waals surface area contributed by atoms with E-state index in [9.17, 15) is 13.2 Å². The molecule has 0 aliphatic rings. The molecule has 18 heavy (non-hydrogen) atoms. The van der Waals surface area contributed by atoms with Crippen LogP contribution in [0.3, 0.4) is 0 Å². The Labute approximate surface area is 111 Å². The molecule has 1 N–H and O–H groups in total. The van der Waals surface area contributed by atoms with Crippen LogP contribution in [0, 0.1) is 19.3 Å². The third-order valence-electron chi connectivity index (χ3n) is 2.11. The van der Waals surface area contributed by atoms with E-state index in [1.165, 1.54) is 0 Å². The second-order valence-electron chi connectivity index (χ2n) is 3.75. The molecule has 96 valence electrons. The first kappa shape index (κ1) is 14.6. The second-order valence-corrected chi connectivity index (χ2v) is 6.22. The van der Waals surface area contributed by atoms with Gasteiger partial charge in [0.05, 0.1) is 0 Å². The van der Waals surface area contributed by atoms with Gasteiger partial charge in [0, 0.05) is 10.7 Å². The number of rotatable bonds is 4. The van der Waals surface area contributed by atoms with Crippen molar-refractivity contribution in [2.45, 2.75) is 6.92 Å². The average Bonchev–Trinajstić information content (AvgIpc) is 2.22. The summed E-state index contributed by atoms with van der Waals surface area (Å²) < 4.78 is 22.6. The lowest BCUT2D eigenvalue weighted by Crippen LogP contribution is -2.24. The first-order valence-electron chi connectivity index (χ1n) is 5.04. The molecule has 0 unspecified atom stereocenters. The van der Waals surface area contributed by atoms with Gasteiger partial charge in [-0.15, -0.1) is 6.42 Å². The van der Waals surface area contributed by atoms with E-state index in [0.717, 1.165) is 5.56 Å². The predicted octanol–water partition coefficient (Wildman–Crippen LogP) is 1.63. The summed E-state index contributed by atoms with van der Waals surface area (Å²) in [5, 5.41) is 2.95. The van der Waals surface area contributed by atoms with Gasteiger partial charge in [-0.1, -0.05) is 23.6 Å². The highest BCUT2D eigenvalue weighted by Crippen LogP contribution is 2.19. The first-order valence-corrected chi connectivity index (χ1v) is 7.24. The fourth-order valence-electron chi connectivity index (χ4n) is 1.25. The van der Waals surface area contributed by atoms with E-state index in [-0.39, 0.29) is 0 Å². The van der Waals surface area contributed by atoms with Crippen molar-refractivity contribution in [3.63, 3.8) is 0 Å². The molecule has 1 rings (SSSR count). The summed E-state index contributed by atoms with van der Waals surface area (Å²) in [5.41, 5.74) is 1.32. The van der Waals surface area contributed by atoms with Crippen LogP contribution >= 0.6 is 11.6 Å². The van der Waals surface area contributed by atoms with E-state index >= 15 is 0 Å². The standard InChI is InChI=1S/C12H12ClNO3S/c1-3-6-18(16,17)8-12(15)14-10-5-4-9(2)11(13)7-10/h1,4-5,7H,6,8H2,2H3,(H,14,15). The molecular weight excluding hydrogens is 274 g/mol. The second kappa shape index (κ2) is 5.89. The lowest BCUT2D eigenvalue weighted by Gasteiger charge is -2.06. The molecule has 0 atom stereocenters. The van der Waals surface area contributed by atoms with Crippen molar-refractivity contribution >= 4 is 33.0 Å². The largest absolute Gasteiger partial charge is 0.325 e. The van der Waals surface area contributed by atoms with Gasteiger partial charge in [-0.25, -0.2) is 8.42 Å². The Hall–Kier alpha value is -1.51. The van der Waals surface area contributed by atoms with Gasteiger partial charge < -0.3 is 5.32 Å². The minimum Gasteiger partial charge on any atom is -0.325 e. The molecule has 6 heteroatoms. The fraction of sp³-hybridized carbons (Fsp3) is 0.250. The molecule has 0 aromatic heterocycles. The van der Waals surface area contributed by atoms with Crippen LogP contribution in [0.5, 0.6) is 0 Å². The van der Waals surface area contributed by atoms with Crippen molar-refractivity contribution in [3.05, 3.63) is 28.8 Å². The van der Waals surface area contributed by atoms with Crippen LogP contribution in [-0.2, 0) is 14.6 Å². The summed E-state index contributed by atoms with van der Waals surface area (Å²) in [6.07, 6.45) is 4.90. The molecule has 0 bridgehead atoms. The van der Waals surface area contributed by atoms with Crippen molar-refractivity contribution in [2.24, 2.45) is 0 Å². The fourth-order valence-corrected chi connectivity index (χ4v) is 2.25. The lowest BCUT2D eigenvalue weighted by atomic mass is 10.2. The van der Waals surface area contributed by atoms with Crippen molar-refractivity contribution in [1.29, 1.82) is 0 Å². The number of carbonyl (C=O) groups is 1. The molecular formula is C12H12ClNO3S. The van der Waals surface area contributed by atoms with Crippen LogP contribution in [0.1, 0.15) is 5.56 Å². The normalized spacial score (nSPS) is 10.7. The number of anilines is 1. The Bertz CT molecular complexity index is 602. The average molecular weight is 286 g/mol. The molecule has 0 saturated heterocycles. The third kappa shape index (κ3) is 4.40. The van der Waals surface area contributed by atoms with Crippen LogP contribution in [-0.4, -0.2) is 25.8 Å². The van der Waals surface area contributed by atoms with E-state index in [1.54, 1.807) is 18.2 Å². The molecule has 0 aliphatic carbocycles. The Kier molecular flexibility index (Phi) is 4.76. The van der Waals surface area contributed by atoms with Crippen LogP contribution in [0.15, 0.2) is 18.2 Å². The summed E-state index contributed by atoms with van der Waals surface area (Å²) in [6.45, 7) is 1.82. The number of amides is 1. The maximum atomic E-state index is 11.5. The highest BCUT2D eigenvalue weighted by Gasteiger charge is 2.15. The summed E-state index contributed by atoms with van der Waals surface area (Å²) in [5.74, 6) is 0.285. The van der Waals surface area contributed by atoms with Crippen molar-refractivity contribution < 1.29 is 13.2 Å². The van der Waals surface area contributed by atoms with Gasteiger partial charge in [-0.05, 0) is 24.6 Å².